The summed E-state index contributed by atoms with van der Waals surface area (Å²) in [4.78, 5) is 12.5. The average Bonchev–Trinajstić information content (AvgIpc) is 2.94. The Kier molecular flexibility index (Phi) is 5.34. The lowest BCUT2D eigenvalue weighted by atomic mass is 10.1. The molecule has 1 aromatic carbocycles. The topological polar surface area (TPSA) is 66.5 Å². The molecule has 2 rings (SSSR count). The van der Waals surface area contributed by atoms with Gasteiger partial charge in [0.05, 0.1) is 11.9 Å². The van der Waals surface area contributed by atoms with Crippen molar-refractivity contribution in [2.45, 2.75) is 58.5 Å². The predicted molar refractivity (Wildman–Crippen MR) is 93.1 cm³/mol. The minimum Gasteiger partial charge on any atom is -0.352 e. The van der Waals surface area contributed by atoms with Crippen molar-refractivity contribution in [2.24, 2.45) is 0 Å². The fourth-order valence-corrected chi connectivity index (χ4v) is 4.35. The van der Waals surface area contributed by atoms with Crippen LogP contribution in [0.15, 0.2) is 18.2 Å². The maximum absolute atomic E-state index is 12.5. The Hall–Kier alpha value is -1.56. The van der Waals surface area contributed by atoms with Crippen molar-refractivity contribution in [1.82, 2.24) is 5.32 Å². The number of aryl methyl sites for hydroxylation is 2. The Bertz CT molecular complexity index is 679. The van der Waals surface area contributed by atoms with Crippen molar-refractivity contribution >= 4 is 21.6 Å². The van der Waals surface area contributed by atoms with E-state index in [0.717, 1.165) is 43.1 Å². The molecule has 0 unspecified atom stereocenters. The number of nitrogens with one attached hydrogen (secondary N) is 1. The van der Waals surface area contributed by atoms with Crippen LogP contribution in [0.2, 0.25) is 0 Å². The Morgan fingerprint density at radius 3 is 2.43 bits per heavy atom. The third-order valence-corrected chi connectivity index (χ3v) is 5.62. The van der Waals surface area contributed by atoms with Crippen molar-refractivity contribution in [3.05, 3.63) is 29.3 Å². The van der Waals surface area contributed by atoms with Crippen molar-refractivity contribution in [2.75, 3.05) is 10.6 Å². The van der Waals surface area contributed by atoms with E-state index >= 15 is 0 Å². The van der Waals surface area contributed by atoms with E-state index in [4.69, 9.17) is 0 Å². The van der Waals surface area contributed by atoms with Crippen LogP contribution < -0.4 is 9.62 Å². The number of carbonyl (C=O) groups excluding carboxylic acids is 1. The van der Waals surface area contributed by atoms with E-state index in [0.29, 0.717) is 5.69 Å². The minimum atomic E-state index is -3.56. The zero-order valence-corrected chi connectivity index (χ0v) is 15.1. The molecular weight excluding hydrogens is 312 g/mol. The number of benzene rings is 1. The molecule has 1 N–H and O–H groups in total. The molecule has 0 spiro atoms. The third kappa shape index (κ3) is 4.25. The lowest BCUT2D eigenvalue weighted by molar-refractivity contribution is -0.122. The number of carbonyl (C=O) groups is 1. The zero-order chi connectivity index (χ0) is 17.2. The van der Waals surface area contributed by atoms with E-state index in [-0.39, 0.29) is 11.9 Å². The molecule has 1 aliphatic carbocycles. The van der Waals surface area contributed by atoms with Crippen LogP contribution in [-0.4, -0.2) is 32.7 Å². The van der Waals surface area contributed by atoms with Gasteiger partial charge in [0.1, 0.15) is 6.04 Å². The first kappa shape index (κ1) is 17.8. The average molecular weight is 338 g/mol. The van der Waals surface area contributed by atoms with Gasteiger partial charge >= 0.3 is 0 Å². The summed E-state index contributed by atoms with van der Waals surface area (Å²) in [5.41, 5.74) is 2.37. The molecule has 1 amide bonds. The SMILES string of the molecule is Cc1ccc(C)c(N([C@H](C)C(=O)NC2CCCC2)S(C)(=O)=O)c1. The van der Waals surface area contributed by atoms with E-state index < -0.39 is 16.1 Å². The second-order valence-corrected chi connectivity index (χ2v) is 8.37. The Balaban J connectivity index is 2.31. The summed E-state index contributed by atoms with van der Waals surface area (Å²) in [5.74, 6) is -0.233. The van der Waals surface area contributed by atoms with Crippen LogP contribution in [0.3, 0.4) is 0 Å². The molecule has 23 heavy (non-hydrogen) atoms. The summed E-state index contributed by atoms with van der Waals surface area (Å²) in [6.07, 6.45) is 5.33. The number of hydrogen-bond acceptors (Lipinski definition) is 3. The zero-order valence-electron chi connectivity index (χ0n) is 14.3. The third-order valence-electron chi connectivity index (χ3n) is 4.39. The molecule has 1 fully saturated rings. The minimum absolute atomic E-state index is 0.171. The smallest absolute Gasteiger partial charge is 0.243 e. The van der Waals surface area contributed by atoms with Gasteiger partial charge in [0.2, 0.25) is 15.9 Å². The number of amides is 1. The highest BCUT2D eigenvalue weighted by Gasteiger charge is 2.31. The summed E-state index contributed by atoms with van der Waals surface area (Å²) in [6, 6.07) is 5.03. The lowest BCUT2D eigenvalue weighted by Gasteiger charge is -2.30. The van der Waals surface area contributed by atoms with Gasteiger partial charge in [-0.1, -0.05) is 25.0 Å². The van der Waals surface area contributed by atoms with Gasteiger partial charge in [-0.25, -0.2) is 8.42 Å². The maximum Gasteiger partial charge on any atom is 0.243 e. The molecule has 0 aliphatic heterocycles. The normalized spacial score (nSPS) is 17.0. The van der Waals surface area contributed by atoms with Crippen LogP contribution >= 0.6 is 0 Å². The Morgan fingerprint density at radius 2 is 1.87 bits per heavy atom. The lowest BCUT2D eigenvalue weighted by Crippen LogP contribution is -2.50. The van der Waals surface area contributed by atoms with Crippen molar-refractivity contribution in [3.63, 3.8) is 0 Å². The van der Waals surface area contributed by atoms with Crippen molar-refractivity contribution in [1.29, 1.82) is 0 Å². The van der Waals surface area contributed by atoms with Crippen LogP contribution in [0.5, 0.6) is 0 Å². The number of anilines is 1. The predicted octanol–water partition coefficient (Wildman–Crippen LogP) is 2.52. The highest BCUT2D eigenvalue weighted by molar-refractivity contribution is 7.92. The molecule has 0 saturated heterocycles. The number of rotatable bonds is 5. The van der Waals surface area contributed by atoms with Gasteiger partial charge in [0, 0.05) is 6.04 Å². The summed E-state index contributed by atoms with van der Waals surface area (Å²) < 4.78 is 25.9. The van der Waals surface area contributed by atoms with Gasteiger partial charge in [0.25, 0.3) is 0 Å². The van der Waals surface area contributed by atoms with Gasteiger partial charge < -0.3 is 5.32 Å². The van der Waals surface area contributed by atoms with Gasteiger partial charge in [-0.2, -0.15) is 0 Å². The number of hydrogen-bond donors (Lipinski definition) is 1. The summed E-state index contributed by atoms with van der Waals surface area (Å²) >= 11 is 0. The number of sulfonamides is 1. The first-order valence-electron chi connectivity index (χ1n) is 8.07. The first-order chi connectivity index (χ1) is 10.7. The fourth-order valence-electron chi connectivity index (χ4n) is 3.13. The first-order valence-corrected chi connectivity index (χ1v) is 9.92. The van der Waals surface area contributed by atoms with Crippen molar-refractivity contribution in [3.8, 4) is 0 Å². The summed E-state index contributed by atoms with van der Waals surface area (Å²) in [6.45, 7) is 5.41. The number of nitrogens with zero attached hydrogens (tertiary/aromatic N) is 1. The monoisotopic (exact) mass is 338 g/mol. The maximum atomic E-state index is 12.5. The van der Waals surface area contributed by atoms with E-state index in [1.165, 1.54) is 4.31 Å². The molecule has 1 aliphatic rings. The largest absolute Gasteiger partial charge is 0.352 e. The molecule has 0 bridgehead atoms. The molecule has 128 valence electrons. The molecule has 1 aromatic rings. The molecule has 0 heterocycles. The van der Waals surface area contributed by atoms with Crippen LogP contribution in [0.1, 0.15) is 43.7 Å². The van der Waals surface area contributed by atoms with Gasteiger partial charge in [-0.3, -0.25) is 9.10 Å². The molecule has 0 aromatic heterocycles. The van der Waals surface area contributed by atoms with Crippen LogP contribution in [0.25, 0.3) is 0 Å². The molecule has 5 nitrogen and oxygen atoms in total. The second kappa shape index (κ2) is 6.91. The molecular formula is C17H26N2O3S. The fraction of sp³-hybridized carbons (Fsp3) is 0.588. The second-order valence-electron chi connectivity index (χ2n) is 6.51. The van der Waals surface area contributed by atoms with E-state index in [1.54, 1.807) is 6.92 Å². The van der Waals surface area contributed by atoms with E-state index in [1.807, 2.05) is 32.0 Å². The summed E-state index contributed by atoms with van der Waals surface area (Å²) in [5, 5.41) is 2.99. The van der Waals surface area contributed by atoms with Gasteiger partial charge in [-0.05, 0) is 50.8 Å². The summed E-state index contributed by atoms with van der Waals surface area (Å²) in [7, 11) is -3.56. The van der Waals surface area contributed by atoms with Crippen molar-refractivity contribution < 1.29 is 13.2 Å². The Labute approximate surface area is 139 Å². The standard InChI is InChI=1S/C17H26N2O3S/c1-12-9-10-13(2)16(11-12)19(23(4,21)22)14(3)17(20)18-15-7-5-6-8-15/h9-11,14-15H,5-8H2,1-4H3,(H,18,20)/t14-/m1/s1. The van der Waals surface area contributed by atoms with Crippen LogP contribution in [0, 0.1) is 13.8 Å². The van der Waals surface area contributed by atoms with Crippen LogP contribution in [-0.2, 0) is 14.8 Å². The van der Waals surface area contributed by atoms with E-state index in [9.17, 15) is 13.2 Å². The molecule has 6 heteroatoms. The van der Waals surface area contributed by atoms with Gasteiger partial charge in [0.15, 0.2) is 0 Å². The highest BCUT2D eigenvalue weighted by Crippen LogP contribution is 2.26. The van der Waals surface area contributed by atoms with Gasteiger partial charge in [-0.15, -0.1) is 0 Å². The molecule has 0 radical (unpaired) electrons. The molecule has 1 saturated carbocycles. The van der Waals surface area contributed by atoms with Crippen LogP contribution in [0.4, 0.5) is 5.69 Å². The quantitative estimate of drug-likeness (QED) is 0.897. The van der Waals surface area contributed by atoms with E-state index in [2.05, 4.69) is 5.32 Å². The Morgan fingerprint density at radius 1 is 1.26 bits per heavy atom. The highest BCUT2D eigenvalue weighted by atomic mass is 32.2. The molecule has 1 atom stereocenters.